The number of aromatic hydroxyl groups is 1. The number of benzene rings is 1. The molecule has 1 aliphatic rings. The molecule has 4 nitrogen and oxygen atoms in total. The number of hydrogen-bond donors (Lipinski definition) is 2. The van der Waals surface area contributed by atoms with Gasteiger partial charge in [0.1, 0.15) is 5.75 Å². The summed E-state index contributed by atoms with van der Waals surface area (Å²) >= 11 is 13.3. The van der Waals surface area contributed by atoms with Crippen LogP contribution in [0.1, 0.15) is 22.7 Å². The van der Waals surface area contributed by atoms with E-state index in [2.05, 4.69) is 10.3 Å². The normalized spacial score (nSPS) is 19.9. The molecule has 0 spiro atoms. The number of thiophene rings is 1. The molecule has 0 bridgehead atoms. The summed E-state index contributed by atoms with van der Waals surface area (Å²) in [7, 11) is 0. The predicted molar refractivity (Wildman–Crippen MR) is 105 cm³/mol. The summed E-state index contributed by atoms with van der Waals surface area (Å²) in [5.41, 5.74) is 1.55. The van der Waals surface area contributed by atoms with Crippen LogP contribution in [0.4, 0.5) is 5.69 Å². The highest BCUT2D eigenvalue weighted by atomic mass is 35.5. The molecule has 0 aliphatic carbocycles. The zero-order valence-electron chi connectivity index (χ0n) is 13.0. The van der Waals surface area contributed by atoms with Crippen LogP contribution in [0, 0.1) is 0 Å². The van der Waals surface area contributed by atoms with E-state index in [0.29, 0.717) is 15.1 Å². The van der Waals surface area contributed by atoms with E-state index < -0.39 is 0 Å². The van der Waals surface area contributed by atoms with E-state index in [4.69, 9.17) is 23.8 Å². The summed E-state index contributed by atoms with van der Waals surface area (Å²) in [5, 5.41) is 14.2. The Labute approximate surface area is 159 Å². The van der Waals surface area contributed by atoms with Gasteiger partial charge >= 0.3 is 0 Å². The Hall–Kier alpha value is -2.15. The number of nitrogens with one attached hydrogen (secondary N) is 1. The molecule has 2 N–H and O–H groups in total. The smallest absolute Gasteiger partial charge is 0.174 e. The second-order valence-electron chi connectivity index (χ2n) is 5.63. The molecule has 1 aromatic carbocycles. The predicted octanol–water partition coefficient (Wildman–Crippen LogP) is 4.68. The standard InChI is InChI=1S/C18H14ClN3OS2/c19-15-9-8-14(25-15)17-16(11-5-3-4-10-20-11)21-18(24)22(17)12-6-1-2-7-13(12)23/h1-10,16-17,23H,(H,21,24)/t16-,17+/m1/s1. The van der Waals surface area contributed by atoms with E-state index in [0.717, 1.165) is 10.6 Å². The zero-order chi connectivity index (χ0) is 17.4. The number of para-hydroxylation sites is 2. The number of anilines is 1. The van der Waals surface area contributed by atoms with Crippen molar-refractivity contribution >= 4 is 46.0 Å². The molecular formula is C18H14ClN3OS2. The lowest BCUT2D eigenvalue weighted by Crippen LogP contribution is -2.29. The molecule has 2 atom stereocenters. The maximum Gasteiger partial charge on any atom is 0.174 e. The topological polar surface area (TPSA) is 48.4 Å². The molecule has 25 heavy (non-hydrogen) atoms. The van der Waals surface area contributed by atoms with Crippen LogP contribution in [-0.2, 0) is 0 Å². The highest BCUT2D eigenvalue weighted by molar-refractivity contribution is 7.80. The van der Waals surface area contributed by atoms with Crippen molar-refractivity contribution in [1.29, 1.82) is 0 Å². The van der Waals surface area contributed by atoms with E-state index in [-0.39, 0.29) is 17.8 Å². The number of phenols is 1. The second-order valence-corrected chi connectivity index (χ2v) is 7.76. The van der Waals surface area contributed by atoms with Gasteiger partial charge in [0.25, 0.3) is 0 Å². The third-order valence-electron chi connectivity index (χ3n) is 4.12. The molecule has 3 heterocycles. The summed E-state index contributed by atoms with van der Waals surface area (Å²) in [6, 6.07) is 16.6. The quantitative estimate of drug-likeness (QED) is 0.639. The fourth-order valence-corrected chi connectivity index (χ4v) is 4.59. The summed E-state index contributed by atoms with van der Waals surface area (Å²) in [6.07, 6.45) is 1.77. The summed E-state index contributed by atoms with van der Waals surface area (Å²) in [6.45, 7) is 0. The maximum atomic E-state index is 10.3. The molecule has 1 aliphatic heterocycles. The molecule has 3 aromatic rings. The van der Waals surface area contributed by atoms with Crippen molar-refractivity contribution in [2.75, 3.05) is 4.90 Å². The van der Waals surface area contributed by atoms with Gasteiger partial charge < -0.3 is 15.3 Å². The Morgan fingerprint density at radius 3 is 2.60 bits per heavy atom. The van der Waals surface area contributed by atoms with Gasteiger partial charge in [-0.3, -0.25) is 4.98 Å². The monoisotopic (exact) mass is 387 g/mol. The summed E-state index contributed by atoms with van der Waals surface area (Å²) < 4.78 is 0.713. The van der Waals surface area contributed by atoms with Crippen molar-refractivity contribution in [3.63, 3.8) is 0 Å². The van der Waals surface area contributed by atoms with E-state index in [1.807, 2.05) is 47.4 Å². The van der Waals surface area contributed by atoms with Crippen LogP contribution in [-0.4, -0.2) is 15.2 Å². The van der Waals surface area contributed by atoms with Gasteiger partial charge in [-0.1, -0.05) is 29.8 Å². The van der Waals surface area contributed by atoms with Gasteiger partial charge in [0.2, 0.25) is 0 Å². The first-order chi connectivity index (χ1) is 12.1. The molecule has 1 saturated heterocycles. The van der Waals surface area contributed by atoms with E-state index in [1.165, 1.54) is 11.3 Å². The Morgan fingerprint density at radius 1 is 1.12 bits per heavy atom. The number of rotatable bonds is 3. The molecular weight excluding hydrogens is 374 g/mol. The van der Waals surface area contributed by atoms with Crippen molar-refractivity contribution in [1.82, 2.24) is 10.3 Å². The Kier molecular flexibility index (Phi) is 4.33. The largest absolute Gasteiger partial charge is 0.506 e. The van der Waals surface area contributed by atoms with E-state index in [9.17, 15) is 5.11 Å². The number of hydrogen-bond acceptors (Lipinski definition) is 4. The third kappa shape index (κ3) is 2.97. The summed E-state index contributed by atoms with van der Waals surface area (Å²) in [5.74, 6) is 0.181. The third-order valence-corrected chi connectivity index (χ3v) is 5.74. The fourth-order valence-electron chi connectivity index (χ4n) is 3.06. The Bertz CT molecular complexity index is 915. The van der Waals surface area contributed by atoms with Crippen molar-refractivity contribution in [3.05, 3.63) is 75.7 Å². The lowest BCUT2D eigenvalue weighted by atomic mass is 10.0. The highest BCUT2D eigenvalue weighted by Crippen LogP contribution is 2.46. The van der Waals surface area contributed by atoms with Crippen molar-refractivity contribution in [2.45, 2.75) is 12.1 Å². The Balaban J connectivity index is 1.85. The SMILES string of the molecule is Oc1ccccc1N1C(=S)N[C@H](c2ccccn2)[C@@H]1c1ccc(Cl)s1. The van der Waals surface area contributed by atoms with Crippen LogP contribution in [0.2, 0.25) is 4.34 Å². The van der Waals surface area contributed by atoms with Crippen LogP contribution >= 0.6 is 35.2 Å². The first kappa shape index (κ1) is 16.3. The zero-order valence-corrected chi connectivity index (χ0v) is 15.4. The van der Waals surface area contributed by atoms with Crippen molar-refractivity contribution < 1.29 is 5.11 Å². The molecule has 1 fully saturated rings. The average molecular weight is 388 g/mol. The van der Waals surface area contributed by atoms with Gasteiger partial charge in [0, 0.05) is 11.1 Å². The minimum Gasteiger partial charge on any atom is -0.506 e. The van der Waals surface area contributed by atoms with Crippen LogP contribution in [0.15, 0.2) is 60.8 Å². The number of phenolic OH excluding ortho intramolecular Hbond substituents is 1. The minimum atomic E-state index is -0.145. The molecule has 126 valence electrons. The first-order valence-corrected chi connectivity index (χ1v) is 9.29. The summed E-state index contributed by atoms with van der Waals surface area (Å²) in [4.78, 5) is 7.48. The number of nitrogens with zero attached hydrogens (tertiary/aromatic N) is 2. The second kappa shape index (κ2) is 6.63. The van der Waals surface area contributed by atoms with Gasteiger partial charge in [-0.2, -0.15) is 0 Å². The molecule has 0 unspecified atom stereocenters. The van der Waals surface area contributed by atoms with Crippen LogP contribution < -0.4 is 10.2 Å². The van der Waals surface area contributed by atoms with Crippen molar-refractivity contribution in [3.8, 4) is 5.75 Å². The van der Waals surface area contributed by atoms with Crippen molar-refractivity contribution in [2.24, 2.45) is 0 Å². The Morgan fingerprint density at radius 2 is 1.92 bits per heavy atom. The van der Waals surface area contributed by atoms with E-state index >= 15 is 0 Å². The maximum absolute atomic E-state index is 10.3. The number of thiocarbonyl (C=S) groups is 1. The molecule has 4 rings (SSSR count). The van der Waals surface area contributed by atoms with Gasteiger partial charge in [0.05, 0.1) is 27.8 Å². The number of halogens is 1. The highest BCUT2D eigenvalue weighted by Gasteiger charge is 2.42. The fraction of sp³-hybridized carbons (Fsp3) is 0.111. The van der Waals surface area contributed by atoms with Crippen LogP contribution in [0.5, 0.6) is 5.75 Å². The first-order valence-electron chi connectivity index (χ1n) is 7.69. The van der Waals surface area contributed by atoms with Gasteiger partial charge in [-0.25, -0.2) is 0 Å². The van der Waals surface area contributed by atoms with Gasteiger partial charge in [0.15, 0.2) is 5.11 Å². The molecule has 0 radical (unpaired) electrons. The number of pyridine rings is 1. The van der Waals surface area contributed by atoms with Crippen LogP contribution in [0.3, 0.4) is 0 Å². The lowest BCUT2D eigenvalue weighted by molar-refractivity contribution is 0.473. The molecule has 0 amide bonds. The van der Waals surface area contributed by atoms with Gasteiger partial charge in [-0.05, 0) is 48.6 Å². The van der Waals surface area contributed by atoms with Crippen LogP contribution in [0.25, 0.3) is 0 Å². The molecule has 7 heteroatoms. The van der Waals surface area contributed by atoms with Gasteiger partial charge in [-0.15, -0.1) is 11.3 Å². The molecule has 0 saturated carbocycles. The molecule has 2 aromatic heterocycles. The lowest BCUT2D eigenvalue weighted by Gasteiger charge is -2.27. The minimum absolute atomic E-state index is 0.136. The number of aromatic nitrogens is 1. The average Bonchev–Trinajstić information content (AvgIpc) is 3.19. The van der Waals surface area contributed by atoms with E-state index in [1.54, 1.807) is 18.3 Å².